The Balaban J connectivity index is 1.68. The van der Waals surface area contributed by atoms with Crippen LogP contribution in [0.25, 0.3) is 48.6 Å². The van der Waals surface area contributed by atoms with Crippen molar-refractivity contribution in [3.8, 4) is 28.3 Å². The van der Waals surface area contributed by atoms with Crippen molar-refractivity contribution in [1.82, 2.24) is 0 Å². The summed E-state index contributed by atoms with van der Waals surface area (Å²) in [7, 11) is 0. The maximum absolute atomic E-state index is 9.55. The molecule has 0 unspecified atom stereocenters. The predicted molar refractivity (Wildman–Crippen MR) is 148 cm³/mol. The highest BCUT2D eigenvalue weighted by molar-refractivity contribution is 6.23. The lowest BCUT2D eigenvalue weighted by atomic mass is 9.66. The molecule has 5 aromatic rings. The van der Waals surface area contributed by atoms with E-state index in [1.165, 1.54) is 49.9 Å². The van der Waals surface area contributed by atoms with Gasteiger partial charge in [-0.05, 0) is 90.3 Å². The lowest BCUT2D eigenvalue weighted by Crippen LogP contribution is -2.24. The van der Waals surface area contributed by atoms with Crippen molar-refractivity contribution in [3.63, 3.8) is 0 Å². The monoisotopic (exact) mass is 460 g/mol. The summed E-state index contributed by atoms with van der Waals surface area (Å²) in [6.07, 6.45) is 0. The van der Waals surface area contributed by atoms with Gasteiger partial charge in [-0.3, -0.25) is 0 Å². The Morgan fingerprint density at radius 3 is 2.06 bits per heavy atom. The van der Waals surface area contributed by atoms with Gasteiger partial charge < -0.3 is 0 Å². The average molecular weight is 461 g/mol. The number of hydrogen-bond donors (Lipinski definition) is 0. The fourth-order valence-electron chi connectivity index (χ4n) is 6.85. The summed E-state index contributed by atoms with van der Waals surface area (Å²) in [6.45, 7) is 17.2. The van der Waals surface area contributed by atoms with Crippen LogP contribution >= 0.6 is 0 Å². The molecule has 0 aromatic heterocycles. The van der Waals surface area contributed by atoms with Gasteiger partial charge >= 0.3 is 0 Å². The molecular weight excluding hydrogens is 436 g/mol. The van der Waals surface area contributed by atoms with Gasteiger partial charge in [0.1, 0.15) is 0 Å². The number of fused-ring (bicyclic) bond motifs is 7. The second-order valence-corrected chi connectivity index (χ2v) is 11.2. The van der Waals surface area contributed by atoms with Gasteiger partial charge in [-0.15, -0.1) is 0 Å². The molecule has 2 aliphatic rings. The zero-order valence-corrected chi connectivity index (χ0v) is 20.8. The molecule has 2 heteroatoms. The number of benzene rings is 5. The summed E-state index contributed by atoms with van der Waals surface area (Å²) in [5, 5.41) is 14.0. The molecule has 0 fully saturated rings. The molecule has 0 bridgehead atoms. The molecule has 2 aliphatic carbocycles. The molecular formula is C34H24N2. The van der Waals surface area contributed by atoms with Gasteiger partial charge in [-0.1, -0.05) is 76.2 Å². The third-order valence-corrected chi connectivity index (χ3v) is 8.69. The molecule has 0 atom stereocenters. The van der Waals surface area contributed by atoms with Gasteiger partial charge in [-0.2, -0.15) is 5.26 Å². The van der Waals surface area contributed by atoms with E-state index in [-0.39, 0.29) is 10.8 Å². The summed E-state index contributed by atoms with van der Waals surface area (Å²) in [5.41, 5.74) is 11.1. The minimum absolute atomic E-state index is 0.209. The predicted octanol–water partition coefficient (Wildman–Crippen LogP) is 9.03. The average Bonchev–Trinajstić information content (AvgIpc) is 3.11. The summed E-state index contributed by atoms with van der Waals surface area (Å²) in [5.74, 6) is 0. The van der Waals surface area contributed by atoms with Gasteiger partial charge in [0, 0.05) is 10.8 Å². The van der Waals surface area contributed by atoms with Gasteiger partial charge in [0.2, 0.25) is 5.69 Å². The van der Waals surface area contributed by atoms with E-state index >= 15 is 0 Å². The Kier molecular flexibility index (Phi) is 3.85. The van der Waals surface area contributed by atoms with E-state index in [4.69, 9.17) is 6.57 Å². The number of nitrogens with zero attached hydrogens (tertiary/aromatic N) is 2. The van der Waals surface area contributed by atoms with E-state index < -0.39 is 0 Å². The van der Waals surface area contributed by atoms with Crippen LogP contribution in [-0.2, 0) is 10.8 Å². The lowest BCUT2D eigenvalue weighted by Gasteiger charge is -2.37. The first-order valence-electron chi connectivity index (χ1n) is 12.4. The zero-order valence-electron chi connectivity index (χ0n) is 20.8. The van der Waals surface area contributed by atoms with Crippen LogP contribution in [0.1, 0.15) is 55.5 Å². The highest BCUT2D eigenvalue weighted by atomic mass is 14.7. The highest BCUT2D eigenvalue weighted by Crippen LogP contribution is 2.57. The maximum atomic E-state index is 9.55. The third-order valence-electron chi connectivity index (χ3n) is 8.69. The van der Waals surface area contributed by atoms with E-state index in [2.05, 4.69) is 99.3 Å². The Labute approximate surface area is 211 Å². The Hall–Kier alpha value is -4.40. The minimum Gasteiger partial charge on any atom is -0.237 e. The Bertz CT molecular complexity index is 1910. The number of nitriles is 1. The zero-order chi connectivity index (χ0) is 25.0. The van der Waals surface area contributed by atoms with Crippen molar-refractivity contribution in [3.05, 3.63) is 112 Å². The first kappa shape index (κ1) is 20.9. The topological polar surface area (TPSA) is 28.1 Å². The second-order valence-electron chi connectivity index (χ2n) is 11.2. The second kappa shape index (κ2) is 6.63. The van der Waals surface area contributed by atoms with E-state index in [9.17, 15) is 5.26 Å². The van der Waals surface area contributed by atoms with Crippen LogP contribution in [0.5, 0.6) is 0 Å². The van der Waals surface area contributed by atoms with E-state index in [1.54, 1.807) is 0 Å². The molecule has 0 saturated carbocycles. The van der Waals surface area contributed by atoms with Crippen LogP contribution in [0.2, 0.25) is 0 Å². The molecule has 0 radical (unpaired) electrons. The van der Waals surface area contributed by atoms with E-state index in [1.807, 2.05) is 12.1 Å². The molecule has 0 saturated heterocycles. The van der Waals surface area contributed by atoms with Crippen LogP contribution in [0.3, 0.4) is 0 Å². The molecule has 2 nitrogen and oxygen atoms in total. The van der Waals surface area contributed by atoms with Crippen LogP contribution in [-0.4, -0.2) is 0 Å². The fraction of sp³-hybridized carbons (Fsp3) is 0.176. The number of rotatable bonds is 0. The normalized spacial score (nSPS) is 15.6. The Morgan fingerprint density at radius 2 is 1.31 bits per heavy atom. The molecule has 36 heavy (non-hydrogen) atoms. The molecule has 7 rings (SSSR count). The van der Waals surface area contributed by atoms with Crippen molar-refractivity contribution in [2.75, 3.05) is 0 Å². The highest BCUT2D eigenvalue weighted by Gasteiger charge is 2.41. The third kappa shape index (κ3) is 2.35. The minimum atomic E-state index is -0.224. The summed E-state index contributed by atoms with van der Waals surface area (Å²) < 4.78 is 0. The SMILES string of the molecule is [C-]#[N+]c1c2ccccc2c2c3c(cccc13)C(C)(C)c1cc3c(cc1-2)C(C)(C)c1cc(C#N)ccc1-3. The smallest absolute Gasteiger partial charge is 0.202 e. The summed E-state index contributed by atoms with van der Waals surface area (Å²) in [6, 6.07) is 28.1. The fourth-order valence-corrected chi connectivity index (χ4v) is 6.85. The van der Waals surface area contributed by atoms with E-state index in [0.717, 1.165) is 21.8 Å². The van der Waals surface area contributed by atoms with E-state index in [0.29, 0.717) is 5.56 Å². The molecule has 5 aromatic carbocycles. The van der Waals surface area contributed by atoms with Crippen LogP contribution in [0.4, 0.5) is 5.69 Å². The molecule has 0 amide bonds. The molecule has 0 spiro atoms. The number of hydrogen-bond acceptors (Lipinski definition) is 1. The van der Waals surface area contributed by atoms with Gasteiger partial charge in [0.15, 0.2) is 0 Å². The largest absolute Gasteiger partial charge is 0.237 e. The van der Waals surface area contributed by atoms with Crippen molar-refractivity contribution >= 4 is 27.2 Å². The molecule has 0 N–H and O–H groups in total. The first-order valence-corrected chi connectivity index (χ1v) is 12.4. The van der Waals surface area contributed by atoms with Crippen LogP contribution in [0, 0.1) is 17.9 Å². The van der Waals surface area contributed by atoms with Gasteiger partial charge in [-0.25, -0.2) is 4.85 Å². The van der Waals surface area contributed by atoms with Gasteiger partial charge in [0.05, 0.1) is 18.2 Å². The summed E-state index contributed by atoms with van der Waals surface area (Å²) >= 11 is 0. The molecule has 0 aliphatic heterocycles. The molecule has 170 valence electrons. The first-order chi connectivity index (χ1) is 17.3. The van der Waals surface area contributed by atoms with Crippen LogP contribution in [0.15, 0.2) is 72.8 Å². The summed E-state index contributed by atoms with van der Waals surface area (Å²) in [4.78, 5) is 4.02. The Morgan fingerprint density at radius 1 is 0.667 bits per heavy atom. The maximum Gasteiger partial charge on any atom is 0.202 e. The van der Waals surface area contributed by atoms with Crippen LogP contribution < -0.4 is 0 Å². The van der Waals surface area contributed by atoms with Gasteiger partial charge in [0.25, 0.3) is 0 Å². The van der Waals surface area contributed by atoms with Crippen molar-refractivity contribution in [2.45, 2.75) is 38.5 Å². The van der Waals surface area contributed by atoms with Crippen molar-refractivity contribution < 1.29 is 0 Å². The standard InChI is InChI=1S/C34H24N2/c1-33(2)26-12-8-11-23-31(26)30(21-9-6-7-10-22(21)32(23)36-5)25-17-28-24(16-29(25)33)20-14-13-19(18-35)15-27(20)34(28,3)4/h6-17H,1-4H3. The van der Waals surface area contributed by atoms with Crippen molar-refractivity contribution in [1.29, 1.82) is 5.26 Å². The lowest BCUT2D eigenvalue weighted by molar-refractivity contribution is 0.639. The molecule has 0 heterocycles. The van der Waals surface area contributed by atoms with Crippen molar-refractivity contribution in [2.24, 2.45) is 0 Å². The quantitative estimate of drug-likeness (QED) is 0.167.